The summed E-state index contributed by atoms with van der Waals surface area (Å²) < 4.78 is 24.6. The van der Waals surface area contributed by atoms with Gasteiger partial charge < -0.3 is 19.0 Å². The number of phenols is 2. The van der Waals surface area contributed by atoms with Crippen LogP contribution in [0.15, 0.2) is 44.0 Å². The van der Waals surface area contributed by atoms with Gasteiger partial charge in [-0.15, -0.1) is 0 Å². The van der Waals surface area contributed by atoms with Gasteiger partial charge in [0.05, 0.1) is 5.39 Å². The summed E-state index contributed by atoms with van der Waals surface area (Å²) in [4.78, 5) is 12.1. The molecule has 0 fully saturated rings. The van der Waals surface area contributed by atoms with Gasteiger partial charge in [0, 0.05) is 5.39 Å². The Hall–Kier alpha value is -3.02. The predicted molar refractivity (Wildman–Crippen MR) is 73.0 cm³/mol. The standard InChI is InChI=1S/C15H7FO5/c16-11-12(18)8(17)5-7-10-13(21-14(7)11)6-3-1-2-4-9(6)20-15(10)19/h1-5,17-18H. The van der Waals surface area contributed by atoms with E-state index in [9.17, 15) is 19.4 Å². The van der Waals surface area contributed by atoms with E-state index in [1.165, 1.54) is 0 Å². The van der Waals surface area contributed by atoms with Crippen LogP contribution in [0.3, 0.4) is 0 Å². The maximum Gasteiger partial charge on any atom is 0.348 e. The summed E-state index contributed by atoms with van der Waals surface area (Å²) in [6.45, 7) is 0. The van der Waals surface area contributed by atoms with Crippen LogP contribution >= 0.6 is 0 Å². The molecule has 4 aromatic rings. The van der Waals surface area contributed by atoms with Crippen molar-refractivity contribution < 1.29 is 23.4 Å². The van der Waals surface area contributed by atoms with Gasteiger partial charge in [-0.05, 0) is 18.2 Å². The molecule has 0 aliphatic rings. The van der Waals surface area contributed by atoms with Crippen LogP contribution in [0.25, 0.3) is 32.9 Å². The summed E-state index contributed by atoms with van der Waals surface area (Å²) in [6.07, 6.45) is 0. The minimum atomic E-state index is -1.12. The van der Waals surface area contributed by atoms with Crippen molar-refractivity contribution in [3.63, 3.8) is 0 Å². The lowest BCUT2D eigenvalue weighted by atomic mass is 10.1. The van der Waals surface area contributed by atoms with Crippen LogP contribution in [0.2, 0.25) is 0 Å². The Labute approximate surface area is 115 Å². The minimum absolute atomic E-state index is 0.0258. The number of aromatic hydroxyl groups is 2. The highest BCUT2D eigenvalue weighted by Gasteiger charge is 2.22. The molecule has 0 saturated carbocycles. The molecule has 0 atom stereocenters. The Morgan fingerprint density at radius 1 is 1.00 bits per heavy atom. The van der Waals surface area contributed by atoms with Crippen molar-refractivity contribution in [3.8, 4) is 11.5 Å². The lowest BCUT2D eigenvalue weighted by Crippen LogP contribution is -1.98. The number of halogens is 1. The fourth-order valence-corrected chi connectivity index (χ4v) is 2.46. The van der Waals surface area contributed by atoms with E-state index >= 15 is 0 Å². The molecule has 2 heterocycles. The second kappa shape index (κ2) is 3.76. The second-order valence-electron chi connectivity index (χ2n) is 4.63. The molecule has 6 heteroatoms. The highest BCUT2D eigenvalue weighted by Crippen LogP contribution is 2.39. The molecular formula is C15H7FO5. The Kier molecular flexibility index (Phi) is 2.11. The van der Waals surface area contributed by atoms with E-state index in [-0.39, 0.29) is 21.9 Å². The lowest BCUT2D eigenvalue weighted by molar-refractivity contribution is 0.379. The van der Waals surface area contributed by atoms with Crippen molar-refractivity contribution in [2.45, 2.75) is 0 Å². The molecule has 104 valence electrons. The maximum atomic E-state index is 14.0. The molecule has 0 saturated heterocycles. The molecule has 2 N–H and O–H groups in total. The van der Waals surface area contributed by atoms with Crippen LogP contribution in [-0.2, 0) is 0 Å². The molecule has 0 bridgehead atoms. The van der Waals surface area contributed by atoms with Crippen molar-refractivity contribution >= 4 is 32.9 Å². The van der Waals surface area contributed by atoms with Crippen LogP contribution in [0.1, 0.15) is 0 Å². The van der Waals surface area contributed by atoms with E-state index in [0.717, 1.165) is 6.07 Å². The first kappa shape index (κ1) is 11.8. The summed E-state index contributed by atoms with van der Waals surface area (Å²) in [5, 5.41) is 19.5. The average Bonchev–Trinajstić information content (AvgIpc) is 2.85. The van der Waals surface area contributed by atoms with Gasteiger partial charge in [-0.25, -0.2) is 4.79 Å². The number of hydrogen-bond acceptors (Lipinski definition) is 5. The number of benzene rings is 2. The van der Waals surface area contributed by atoms with Crippen LogP contribution < -0.4 is 5.63 Å². The summed E-state index contributed by atoms with van der Waals surface area (Å²) >= 11 is 0. The van der Waals surface area contributed by atoms with Gasteiger partial charge in [0.2, 0.25) is 5.82 Å². The zero-order valence-electron chi connectivity index (χ0n) is 10.4. The third kappa shape index (κ3) is 1.41. The van der Waals surface area contributed by atoms with Crippen LogP contribution in [0, 0.1) is 5.82 Å². The third-order valence-corrected chi connectivity index (χ3v) is 3.41. The molecule has 2 aromatic heterocycles. The van der Waals surface area contributed by atoms with Gasteiger partial charge in [-0.3, -0.25) is 0 Å². The number of fused-ring (bicyclic) bond motifs is 5. The lowest BCUT2D eigenvalue weighted by Gasteiger charge is -1.98. The van der Waals surface area contributed by atoms with Crippen molar-refractivity contribution in [1.29, 1.82) is 0 Å². The molecule has 0 aliphatic heterocycles. The molecule has 0 unspecified atom stereocenters. The van der Waals surface area contributed by atoms with Gasteiger partial charge >= 0.3 is 5.63 Å². The number of furan rings is 1. The fourth-order valence-electron chi connectivity index (χ4n) is 2.46. The SMILES string of the molecule is O=c1oc2ccccc2c2oc3c(F)c(O)c(O)cc3c12. The molecule has 0 amide bonds. The number of hydrogen-bond donors (Lipinski definition) is 2. The first-order chi connectivity index (χ1) is 10.1. The summed E-state index contributed by atoms with van der Waals surface area (Å²) in [5.74, 6) is -2.71. The maximum absolute atomic E-state index is 14.0. The van der Waals surface area contributed by atoms with E-state index < -0.39 is 22.9 Å². The van der Waals surface area contributed by atoms with E-state index in [0.29, 0.717) is 11.0 Å². The highest BCUT2D eigenvalue weighted by atomic mass is 19.1. The normalized spacial score (nSPS) is 11.7. The topological polar surface area (TPSA) is 83.8 Å². The first-order valence-corrected chi connectivity index (χ1v) is 6.06. The molecular weight excluding hydrogens is 279 g/mol. The van der Waals surface area contributed by atoms with Crippen molar-refractivity contribution in [3.05, 3.63) is 46.6 Å². The average molecular weight is 286 g/mol. The van der Waals surface area contributed by atoms with Crippen LogP contribution in [0.5, 0.6) is 11.5 Å². The fraction of sp³-hybridized carbons (Fsp3) is 0. The van der Waals surface area contributed by atoms with Gasteiger partial charge in [0.25, 0.3) is 0 Å². The number of para-hydroxylation sites is 1. The smallest absolute Gasteiger partial charge is 0.348 e. The van der Waals surface area contributed by atoms with Gasteiger partial charge in [0.1, 0.15) is 11.0 Å². The van der Waals surface area contributed by atoms with E-state index in [1.54, 1.807) is 24.3 Å². The highest BCUT2D eigenvalue weighted by molar-refractivity contribution is 6.13. The monoisotopic (exact) mass is 286 g/mol. The summed E-state index contributed by atoms with van der Waals surface area (Å²) in [7, 11) is 0. The zero-order chi connectivity index (χ0) is 14.7. The zero-order valence-corrected chi connectivity index (χ0v) is 10.4. The number of rotatable bonds is 0. The predicted octanol–water partition coefficient (Wildman–Crippen LogP) is 3.24. The molecule has 4 rings (SSSR count). The molecule has 2 aromatic carbocycles. The van der Waals surface area contributed by atoms with Gasteiger partial charge in [-0.2, -0.15) is 4.39 Å². The largest absolute Gasteiger partial charge is 0.504 e. The van der Waals surface area contributed by atoms with E-state index in [4.69, 9.17) is 8.83 Å². The molecule has 21 heavy (non-hydrogen) atoms. The van der Waals surface area contributed by atoms with Gasteiger partial charge in [-0.1, -0.05) is 12.1 Å². The molecule has 0 radical (unpaired) electrons. The first-order valence-electron chi connectivity index (χ1n) is 6.06. The van der Waals surface area contributed by atoms with E-state index in [2.05, 4.69) is 0 Å². The third-order valence-electron chi connectivity index (χ3n) is 3.41. The van der Waals surface area contributed by atoms with Crippen molar-refractivity contribution in [1.82, 2.24) is 0 Å². The Balaban J connectivity index is 2.38. The molecule has 0 aliphatic carbocycles. The summed E-state index contributed by atoms with van der Waals surface area (Å²) in [6, 6.07) is 7.75. The summed E-state index contributed by atoms with van der Waals surface area (Å²) in [5.41, 5.74) is -0.542. The quantitative estimate of drug-likeness (QED) is 0.383. The van der Waals surface area contributed by atoms with Crippen molar-refractivity contribution in [2.75, 3.05) is 0 Å². The second-order valence-corrected chi connectivity index (χ2v) is 4.63. The minimum Gasteiger partial charge on any atom is -0.504 e. The van der Waals surface area contributed by atoms with Crippen LogP contribution in [-0.4, -0.2) is 10.2 Å². The molecule has 5 nitrogen and oxygen atoms in total. The Bertz CT molecular complexity index is 1090. The van der Waals surface area contributed by atoms with Gasteiger partial charge in [0.15, 0.2) is 22.7 Å². The van der Waals surface area contributed by atoms with Crippen LogP contribution in [0.4, 0.5) is 4.39 Å². The van der Waals surface area contributed by atoms with Crippen molar-refractivity contribution in [2.24, 2.45) is 0 Å². The Morgan fingerprint density at radius 2 is 1.76 bits per heavy atom. The Morgan fingerprint density at radius 3 is 2.57 bits per heavy atom. The number of phenolic OH excluding ortho intramolecular Hbond substituents is 2. The van der Waals surface area contributed by atoms with E-state index in [1.807, 2.05) is 0 Å². The molecule has 0 spiro atoms.